The maximum Gasteiger partial charge on any atom is 0.316 e. The number of nitrogens with one attached hydrogen (secondary N) is 2. The van der Waals surface area contributed by atoms with Crippen molar-refractivity contribution in [2.75, 3.05) is 5.32 Å². The lowest BCUT2D eigenvalue weighted by Crippen LogP contribution is -2.27. The van der Waals surface area contributed by atoms with Gasteiger partial charge in [-0.05, 0) is 47.9 Å². The van der Waals surface area contributed by atoms with Crippen LogP contribution in [0.15, 0.2) is 60.7 Å². The lowest BCUT2D eigenvalue weighted by atomic mass is 9.99. The topological polar surface area (TPSA) is 84.2 Å². The van der Waals surface area contributed by atoms with Crippen LogP contribution in [0.25, 0.3) is 10.8 Å². The molecule has 3 amide bonds. The van der Waals surface area contributed by atoms with Crippen molar-refractivity contribution in [3.8, 4) is 0 Å². The van der Waals surface area contributed by atoms with Gasteiger partial charge in [0, 0.05) is 11.3 Å². The lowest BCUT2D eigenvalue weighted by molar-refractivity contribution is 0.0939. The van der Waals surface area contributed by atoms with Crippen LogP contribution in [0.3, 0.4) is 0 Å². The van der Waals surface area contributed by atoms with E-state index in [0.29, 0.717) is 11.3 Å². The monoisotopic (exact) mass is 347 g/mol. The van der Waals surface area contributed by atoms with Gasteiger partial charge in [-0.1, -0.05) is 48.5 Å². The summed E-state index contributed by atoms with van der Waals surface area (Å²) in [5, 5.41) is 7.79. The maximum atomic E-state index is 12.8. The first-order valence-electron chi connectivity index (χ1n) is 8.41. The second-order valence-electron chi connectivity index (χ2n) is 6.28. The lowest BCUT2D eigenvalue weighted by Gasteiger charge is -2.18. The number of fused-ring (bicyclic) bond motifs is 1. The number of aryl methyl sites for hydroxylation is 1. The Kier molecular flexibility index (Phi) is 4.89. The van der Waals surface area contributed by atoms with Crippen molar-refractivity contribution < 1.29 is 9.59 Å². The van der Waals surface area contributed by atoms with E-state index < -0.39 is 6.03 Å². The van der Waals surface area contributed by atoms with Crippen molar-refractivity contribution >= 4 is 28.4 Å². The molecule has 0 aromatic heterocycles. The van der Waals surface area contributed by atoms with Crippen molar-refractivity contribution in [2.45, 2.75) is 19.9 Å². The van der Waals surface area contributed by atoms with Crippen LogP contribution in [0.5, 0.6) is 0 Å². The first kappa shape index (κ1) is 17.5. The molecule has 0 heterocycles. The number of anilines is 1. The molecule has 0 aliphatic rings. The van der Waals surface area contributed by atoms with Crippen molar-refractivity contribution in [3.63, 3.8) is 0 Å². The first-order valence-corrected chi connectivity index (χ1v) is 8.41. The van der Waals surface area contributed by atoms with Crippen LogP contribution < -0.4 is 16.4 Å². The molecule has 0 saturated heterocycles. The molecule has 26 heavy (non-hydrogen) atoms. The van der Waals surface area contributed by atoms with Gasteiger partial charge in [0.25, 0.3) is 5.91 Å². The molecule has 0 fully saturated rings. The average Bonchev–Trinajstić information content (AvgIpc) is 2.62. The van der Waals surface area contributed by atoms with Gasteiger partial charge in [0.05, 0.1) is 6.04 Å². The third-order valence-electron chi connectivity index (χ3n) is 4.39. The fourth-order valence-corrected chi connectivity index (χ4v) is 3.07. The molecule has 3 aromatic rings. The number of nitrogens with two attached hydrogens (primary N) is 1. The molecule has 4 N–H and O–H groups in total. The van der Waals surface area contributed by atoms with E-state index in [1.807, 2.05) is 38.1 Å². The second kappa shape index (κ2) is 7.27. The van der Waals surface area contributed by atoms with Crippen LogP contribution in [0.1, 0.15) is 34.5 Å². The van der Waals surface area contributed by atoms with E-state index in [4.69, 9.17) is 5.73 Å². The number of hydrogen-bond donors (Lipinski definition) is 3. The van der Waals surface area contributed by atoms with Gasteiger partial charge < -0.3 is 16.4 Å². The van der Waals surface area contributed by atoms with Crippen LogP contribution in [0.2, 0.25) is 0 Å². The summed E-state index contributed by atoms with van der Waals surface area (Å²) in [5.74, 6) is -0.198. The fourth-order valence-electron chi connectivity index (χ4n) is 3.07. The van der Waals surface area contributed by atoms with E-state index in [2.05, 4.69) is 28.8 Å². The molecule has 0 saturated carbocycles. The molecule has 0 unspecified atom stereocenters. The highest BCUT2D eigenvalue weighted by atomic mass is 16.2. The van der Waals surface area contributed by atoms with E-state index in [-0.39, 0.29) is 11.9 Å². The molecule has 5 nitrogen and oxygen atoms in total. The van der Waals surface area contributed by atoms with Crippen molar-refractivity contribution in [2.24, 2.45) is 5.73 Å². The Bertz CT molecular complexity index is 977. The van der Waals surface area contributed by atoms with E-state index in [0.717, 1.165) is 21.9 Å². The Morgan fingerprint density at radius 1 is 1.00 bits per heavy atom. The quantitative estimate of drug-likeness (QED) is 0.663. The molecule has 3 aromatic carbocycles. The zero-order chi connectivity index (χ0) is 18.7. The number of amides is 3. The summed E-state index contributed by atoms with van der Waals surface area (Å²) in [4.78, 5) is 23.8. The Labute approximate surface area is 152 Å². The number of urea groups is 1. The zero-order valence-corrected chi connectivity index (χ0v) is 14.7. The highest BCUT2D eigenvalue weighted by molar-refractivity contribution is 5.98. The van der Waals surface area contributed by atoms with Gasteiger partial charge in [-0.25, -0.2) is 4.79 Å². The van der Waals surface area contributed by atoms with Gasteiger partial charge in [-0.2, -0.15) is 0 Å². The van der Waals surface area contributed by atoms with Crippen LogP contribution in [0, 0.1) is 6.92 Å². The number of carbonyl (C=O) groups excluding carboxylic acids is 2. The molecule has 0 aliphatic heterocycles. The molecule has 5 heteroatoms. The van der Waals surface area contributed by atoms with Crippen molar-refractivity contribution in [1.29, 1.82) is 0 Å². The van der Waals surface area contributed by atoms with Crippen molar-refractivity contribution in [1.82, 2.24) is 5.32 Å². The number of primary amides is 1. The van der Waals surface area contributed by atoms with Crippen molar-refractivity contribution in [3.05, 3.63) is 77.4 Å². The molecule has 0 spiro atoms. The summed E-state index contributed by atoms with van der Waals surface area (Å²) in [6, 6.07) is 18.4. The SMILES string of the molecule is Cc1ccc(NC(N)=O)cc1C(=O)N[C@@H](C)c1cccc2ccccc12. The molecule has 3 rings (SSSR count). The van der Waals surface area contributed by atoms with E-state index in [9.17, 15) is 9.59 Å². The molecule has 132 valence electrons. The van der Waals surface area contributed by atoms with E-state index >= 15 is 0 Å². The minimum absolute atomic E-state index is 0.166. The Morgan fingerprint density at radius 3 is 2.50 bits per heavy atom. The molecule has 0 aliphatic carbocycles. The van der Waals surface area contributed by atoms with Gasteiger partial charge in [0.15, 0.2) is 0 Å². The largest absolute Gasteiger partial charge is 0.351 e. The molecular formula is C21H21N3O2. The van der Waals surface area contributed by atoms with Gasteiger partial charge in [0.2, 0.25) is 0 Å². The highest BCUT2D eigenvalue weighted by Crippen LogP contribution is 2.25. The van der Waals surface area contributed by atoms with E-state index in [1.54, 1.807) is 18.2 Å². The van der Waals surface area contributed by atoms with Gasteiger partial charge in [-0.15, -0.1) is 0 Å². The highest BCUT2D eigenvalue weighted by Gasteiger charge is 2.16. The predicted molar refractivity (Wildman–Crippen MR) is 104 cm³/mol. The Balaban J connectivity index is 1.86. The smallest absolute Gasteiger partial charge is 0.316 e. The van der Waals surface area contributed by atoms with Gasteiger partial charge >= 0.3 is 6.03 Å². The average molecular weight is 347 g/mol. The molecular weight excluding hydrogens is 326 g/mol. The summed E-state index contributed by atoms with van der Waals surface area (Å²) >= 11 is 0. The molecule has 0 radical (unpaired) electrons. The Morgan fingerprint density at radius 2 is 1.73 bits per heavy atom. The number of carbonyl (C=O) groups is 2. The number of hydrogen-bond acceptors (Lipinski definition) is 2. The predicted octanol–water partition coefficient (Wildman–Crippen LogP) is 4.13. The summed E-state index contributed by atoms with van der Waals surface area (Å²) < 4.78 is 0. The van der Waals surface area contributed by atoms with E-state index in [1.165, 1.54) is 0 Å². The van der Waals surface area contributed by atoms with Gasteiger partial charge in [-0.3, -0.25) is 4.79 Å². The normalized spacial score (nSPS) is 11.8. The molecule has 0 bridgehead atoms. The third kappa shape index (κ3) is 3.67. The van der Waals surface area contributed by atoms with Crippen LogP contribution in [-0.2, 0) is 0 Å². The minimum atomic E-state index is -0.663. The summed E-state index contributed by atoms with van der Waals surface area (Å²) in [6.07, 6.45) is 0. The third-order valence-corrected chi connectivity index (χ3v) is 4.39. The minimum Gasteiger partial charge on any atom is -0.351 e. The zero-order valence-electron chi connectivity index (χ0n) is 14.7. The summed E-state index contributed by atoms with van der Waals surface area (Å²) in [5.41, 5.74) is 8.02. The summed E-state index contributed by atoms with van der Waals surface area (Å²) in [6.45, 7) is 3.81. The fraction of sp³-hybridized carbons (Fsp3) is 0.143. The second-order valence-corrected chi connectivity index (χ2v) is 6.28. The maximum absolute atomic E-state index is 12.8. The standard InChI is InChI=1S/C21H21N3O2/c1-13-10-11-16(24-21(22)26)12-19(13)20(25)23-14(2)17-9-5-7-15-6-3-4-8-18(15)17/h3-12,14H,1-2H3,(H,23,25)(H3,22,24,26)/t14-/m0/s1. The number of rotatable bonds is 4. The van der Waals surface area contributed by atoms with Crippen LogP contribution in [0.4, 0.5) is 10.5 Å². The first-order chi connectivity index (χ1) is 12.5. The van der Waals surface area contributed by atoms with Crippen LogP contribution >= 0.6 is 0 Å². The van der Waals surface area contributed by atoms with Crippen LogP contribution in [-0.4, -0.2) is 11.9 Å². The Hall–Kier alpha value is -3.34. The molecule has 1 atom stereocenters. The summed E-state index contributed by atoms with van der Waals surface area (Å²) in [7, 11) is 0. The number of benzene rings is 3. The van der Waals surface area contributed by atoms with Gasteiger partial charge in [0.1, 0.15) is 0 Å².